The maximum Gasteiger partial charge on any atom is 0.405 e. The number of hydrogen-bond donors (Lipinski definition) is 1. The Hall–Kier alpha value is -5.03. The summed E-state index contributed by atoms with van der Waals surface area (Å²) in [5.74, 6) is 1.09. The number of nitrogens with zero attached hydrogens (tertiary/aromatic N) is 3. The number of unbranched alkanes of at least 4 members (excludes halogenated alkanes) is 1. The fraction of sp³-hybridized carbons (Fsp3) is 0.350. The predicted octanol–water partition coefficient (Wildman–Crippen LogP) is 6.91. The van der Waals surface area contributed by atoms with Crippen LogP contribution in [0, 0.1) is 0 Å². The van der Waals surface area contributed by atoms with Crippen molar-refractivity contribution in [2.45, 2.75) is 43.9 Å². The molecular formula is C40H41F3N4O4. The molecule has 8 nitrogen and oxygen atoms in total. The topological polar surface area (TPSA) is 74.3 Å². The molecule has 0 aromatic heterocycles. The van der Waals surface area contributed by atoms with E-state index in [0.29, 0.717) is 48.6 Å². The van der Waals surface area contributed by atoms with Gasteiger partial charge in [-0.2, -0.15) is 13.2 Å². The lowest BCUT2D eigenvalue weighted by atomic mass is 9.68. The highest BCUT2D eigenvalue weighted by Gasteiger charge is 2.48. The van der Waals surface area contributed by atoms with Gasteiger partial charge in [0, 0.05) is 61.6 Å². The third-order valence-corrected chi connectivity index (χ3v) is 10.2. The number of rotatable bonds is 11. The van der Waals surface area contributed by atoms with E-state index in [1.807, 2.05) is 35.2 Å². The lowest BCUT2D eigenvalue weighted by molar-refractivity contribution is -0.141. The minimum absolute atomic E-state index is 0.0351. The molecule has 266 valence electrons. The second-order valence-corrected chi connectivity index (χ2v) is 13.4. The number of ether oxygens (including phenoxy) is 2. The molecule has 2 amide bonds. The molecule has 1 N–H and O–H groups in total. The van der Waals surface area contributed by atoms with Crippen molar-refractivity contribution in [2.75, 3.05) is 51.3 Å². The number of nitrogens with one attached hydrogen (secondary N) is 1. The molecule has 51 heavy (non-hydrogen) atoms. The number of piperazine rings is 1. The SMILES string of the molecule is COc1cccc(CN2Cc3ccc(N4CCN(CCCCC5(C(=O)NCC(F)(F)F)c6ccccc6Oc6ccccc65)CC4)cc3C2=O)c1. The zero-order chi connectivity index (χ0) is 35.6. The van der Waals surface area contributed by atoms with Crippen molar-refractivity contribution in [2.24, 2.45) is 0 Å². The quantitative estimate of drug-likeness (QED) is 0.172. The summed E-state index contributed by atoms with van der Waals surface area (Å²) in [5, 5.41) is 2.20. The van der Waals surface area contributed by atoms with Gasteiger partial charge in [0.2, 0.25) is 5.91 Å². The molecule has 0 aliphatic carbocycles. The van der Waals surface area contributed by atoms with Crippen LogP contribution in [0.25, 0.3) is 0 Å². The average Bonchev–Trinajstić information content (AvgIpc) is 3.45. The number of alkyl halides is 3. The number of para-hydroxylation sites is 2. The molecule has 7 rings (SSSR count). The molecule has 0 radical (unpaired) electrons. The number of methoxy groups -OCH3 is 1. The lowest BCUT2D eigenvalue weighted by Gasteiger charge is -2.39. The molecule has 3 heterocycles. The molecule has 4 aromatic carbocycles. The fourth-order valence-corrected chi connectivity index (χ4v) is 7.66. The van der Waals surface area contributed by atoms with Gasteiger partial charge < -0.3 is 24.6 Å². The van der Waals surface area contributed by atoms with Gasteiger partial charge in [0.25, 0.3) is 5.91 Å². The number of halogens is 3. The van der Waals surface area contributed by atoms with Crippen LogP contribution in [0.5, 0.6) is 17.2 Å². The Kier molecular flexibility index (Phi) is 9.65. The van der Waals surface area contributed by atoms with Crippen LogP contribution in [0.15, 0.2) is 91.0 Å². The van der Waals surface area contributed by atoms with Crippen LogP contribution in [-0.4, -0.2) is 74.2 Å². The van der Waals surface area contributed by atoms with E-state index in [-0.39, 0.29) is 5.91 Å². The van der Waals surface area contributed by atoms with Crippen LogP contribution in [0.2, 0.25) is 0 Å². The first-order valence-corrected chi connectivity index (χ1v) is 17.4. The highest BCUT2D eigenvalue weighted by Crippen LogP contribution is 2.51. The average molecular weight is 699 g/mol. The number of hydrogen-bond acceptors (Lipinski definition) is 6. The summed E-state index contributed by atoms with van der Waals surface area (Å²) in [4.78, 5) is 33.8. The van der Waals surface area contributed by atoms with Crippen molar-refractivity contribution in [3.63, 3.8) is 0 Å². The summed E-state index contributed by atoms with van der Waals surface area (Å²) < 4.78 is 51.2. The Morgan fingerprint density at radius 2 is 1.59 bits per heavy atom. The normalized spacial score (nSPS) is 16.6. The monoisotopic (exact) mass is 698 g/mol. The van der Waals surface area contributed by atoms with Gasteiger partial charge in [-0.15, -0.1) is 0 Å². The van der Waals surface area contributed by atoms with E-state index < -0.39 is 24.0 Å². The summed E-state index contributed by atoms with van der Waals surface area (Å²) in [6.07, 6.45) is -2.79. The summed E-state index contributed by atoms with van der Waals surface area (Å²) >= 11 is 0. The second kappa shape index (κ2) is 14.3. The van der Waals surface area contributed by atoms with Gasteiger partial charge in [0.05, 0.1) is 7.11 Å². The fourth-order valence-electron chi connectivity index (χ4n) is 7.66. The molecule has 4 aromatic rings. The third-order valence-electron chi connectivity index (χ3n) is 10.2. The molecule has 3 aliphatic heterocycles. The molecule has 0 atom stereocenters. The number of amides is 2. The van der Waals surface area contributed by atoms with Gasteiger partial charge in [-0.25, -0.2) is 0 Å². The van der Waals surface area contributed by atoms with E-state index in [9.17, 15) is 22.8 Å². The number of benzene rings is 4. The first-order valence-electron chi connectivity index (χ1n) is 17.4. The van der Waals surface area contributed by atoms with Crippen LogP contribution in [-0.2, 0) is 23.3 Å². The molecule has 1 saturated heterocycles. The number of carbonyl (C=O) groups is 2. The van der Waals surface area contributed by atoms with Gasteiger partial charge in [0.1, 0.15) is 29.2 Å². The maximum absolute atomic E-state index is 13.9. The van der Waals surface area contributed by atoms with E-state index in [1.54, 1.807) is 55.6 Å². The largest absolute Gasteiger partial charge is 0.497 e. The standard InChI is InChI=1S/C40H41F3N4O4/c1-50-31-10-8-9-28(23-31)25-47-26-29-15-16-30(24-32(29)37(47)48)46-21-19-45(20-22-46)18-7-6-17-39(38(49)44-27-40(41,42)43)33-11-2-4-13-35(33)51-36-14-5-3-12-34(36)39/h2-5,8-16,23-24H,6-7,17-22,25-27H2,1H3,(H,44,49). The number of carbonyl (C=O) groups excluding carboxylic acids is 2. The van der Waals surface area contributed by atoms with Crippen LogP contribution in [0.3, 0.4) is 0 Å². The zero-order valence-electron chi connectivity index (χ0n) is 28.5. The van der Waals surface area contributed by atoms with Crippen molar-refractivity contribution >= 4 is 17.5 Å². The minimum atomic E-state index is -4.53. The van der Waals surface area contributed by atoms with Crippen LogP contribution in [0.4, 0.5) is 18.9 Å². The summed E-state index contributed by atoms with van der Waals surface area (Å²) in [6, 6.07) is 28.2. The summed E-state index contributed by atoms with van der Waals surface area (Å²) in [5.41, 5.74) is 3.68. The Labute approximate surface area is 295 Å². The van der Waals surface area contributed by atoms with Gasteiger partial charge in [0.15, 0.2) is 0 Å². The van der Waals surface area contributed by atoms with Crippen molar-refractivity contribution < 1.29 is 32.2 Å². The number of anilines is 1. The Bertz CT molecular complexity index is 1860. The Balaban J connectivity index is 0.969. The van der Waals surface area contributed by atoms with E-state index in [4.69, 9.17) is 9.47 Å². The van der Waals surface area contributed by atoms with Gasteiger partial charge >= 0.3 is 6.18 Å². The van der Waals surface area contributed by atoms with Gasteiger partial charge in [-0.1, -0.05) is 61.0 Å². The first-order chi connectivity index (χ1) is 24.6. The van der Waals surface area contributed by atoms with Gasteiger partial charge in [-0.3, -0.25) is 14.5 Å². The van der Waals surface area contributed by atoms with Crippen molar-refractivity contribution in [3.8, 4) is 17.2 Å². The smallest absolute Gasteiger partial charge is 0.405 e. The first kappa shape index (κ1) is 34.4. The molecule has 3 aliphatic rings. The predicted molar refractivity (Wildman–Crippen MR) is 188 cm³/mol. The summed E-state index contributed by atoms with van der Waals surface area (Å²) in [6.45, 7) is 3.79. The highest BCUT2D eigenvalue weighted by atomic mass is 19.4. The molecule has 0 saturated carbocycles. The van der Waals surface area contributed by atoms with Crippen molar-refractivity contribution in [1.82, 2.24) is 15.1 Å². The summed E-state index contributed by atoms with van der Waals surface area (Å²) in [7, 11) is 1.63. The molecule has 11 heteroatoms. The Morgan fingerprint density at radius 1 is 0.882 bits per heavy atom. The minimum Gasteiger partial charge on any atom is -0.497 e. The Morgan fingerprint density at radius 3 is 2.27 bits per heavy atom. The van der Waals surface area contributed by atoms with E-state index in [0.717, 1.165) is 67.3 Å². The maximum atomic E-state index is 13.9. The molecule has 0 unspecified atom stereocenters. The lowest BCUT2D eigenvalue weighted by Crippen LogP contribution is -2.49. The van der Waals surface area contributed by atoms with Crippen LogP contribution < -0.4 is 19.7 Å². The molecule has 0 spiro atoms. The third kappa shape index (κ3) is 7.12. The van der Waals surface area contributed by atoms with Crippen molar-refractivity contribution in [3.05, 3.63) is 119 Å². The van der Waals surface area contributed by atoms with Crippen molar-refractivity contribution in [1.29, 1.82) is 0 Å². The number of fused-ring (bicyclic) bond motifs is 3. The van der Waals surface area contributed by atoms with Crippen LogP contribution in [0.1, 0.15) is 51.9 Å². The molecular weight excluding hydrogens is 657 g/mol. The van der Waals surface area contributed by atoms with Crippen LogP contribution >= 0.6 is 0 Å². The zero-order valence-corrected chi connectivity index (χ0v) is 28.5. The molecule has 0 bridgehead atoms. The van der Waals surface area contributed by atoms with E-state index in [2.05, 4.69) is 27.2 Å². The van der Waals surface area contributed by atoms with Gasteiger partial charge in [-0.05, 0) is 66.9 Å². The second-order valence-electron chi connectivity index (χ2n) is 13.4. The van der Waals surface area contributed by atoms with E-state index >= 15 is 0 Å². The highest BCUT2D eigenvalue weighted by molar-refractivity contribution is 5.99. The molecule has 1 fully saturated rings. The van der Waals surface area contributed by atoms with E-state index in [1.165, 1.54) is 0 Å².